The van der Waals surface area contributed by atoms with E-state index in [-0.39, 0.29) is 17.3 Å². The van der Waals surface area contributed by atoms with E-state index in [1.54, 1.807) is 4.90 Å². The van der Waals surface area contributed by atoms with Crippen molar-refractivity contribution >= 4 is 33.2 Å². The molecule has 1 N–H and O–H groups in total. The largest absolute Gasteiger partial charge is 0.416 e. The summed E-state index contributed by atoms with van der Waals surface area (Å²) in [6.45, 7) is 0. The predicted molar refractivity (Wildman–Crippen MR) is 114 cm³/mol. The lowest BCUT2D eigenvalue weighted by Crippen LogP contribution is -2.30. The molecule has 7 heteroatoms. The minimum atomic E-state index is -4.47. The van der Waals surface area contributed by atoms with Crippen molar-refractivity contribution in [2.75, 3.05) is 10.2 Å². The summed E-state index contributed by atoms with van der Waals surface area (Å²) in [4.78, 5) is 15.0. The molecule has 1 amide bonds. The first-order valence-electron chi connectivity index (χ1n) is 9.14. The number of amides is 1. The molecule has 0 saturated carbocycles. The summed E-state index contributed by atoms with van der Waals surface area (Å²) >= 11 is 3.53. The van der Waals surface area contributed by atoms with Crippen LogP contribution in [0.2, 0.25) is 0 Å². The van der Waals surface area contributed by atoms with Crippen LogP contribution in [-0.2, 0) is 11.0 Å². The van der Waals surface area contributed by atoms with Crippen molar-refractivity contribution in [3.05, 3.63) is 106 Å². The second-order valence-electron chi connectivity index (χ2n) is 6.75. The number of nitrogens with zero attached hydrogens (tertiary/aromatic N) is 1. The maximum atomic E-state index is 13.3. The number of halogens is 4. The van der Waals surface area contributed by atoms with Crippen molar-refractivity contribution in [2.45, 2.75) is 12.2 Å². The summed E-state index contributed by atoms with van der Waals surface area (Å²) in [6.07, 6.45) is -4.47. The molecular formula is C23H16BrF3N2O. The Labute approximate surface area is 180 Å². The van der Waals surface area contributed by atoms with Crippen LogP contribution < -0.4 is 10.2 Å². The van der Waals surface area contributed by atoms with E-state index in [1.807, 2.05) is 60.7 Å². The Bertz CT molecular complexity index is 1100. The smallest absolute Gasteiger partial charge is 0.350 e. The molecule has 1 unspecified atom stereocenters. The van der Waals surface area contributed by atoms with Gasteiger partial charge >= 0.3 is 6.18 Å². The standard InChI is InChI=1S/C23H16BrF3N2O/c24-19-20(28-17-11-7-10-16(14-17)23(25,26)27)22(30)29(18-12-5-2-6-13-18)21(19)15-8-3-1-4-9-15/h1-14,21,28H. The molecule has 0 aromatic heterocycles. The van der Waals surface area contributed by atoms with Crippen molar-refractivity contribution in [3.8, 4) is 0 Å². The molecule has 4 rings (SSSR count). The Balaban J connectivity index is 1.76. The normalized spacial score (nSPS) is 16.9. The van der Waals surface area contributed by atoms with E-state index in [4.69, 9.17) is 0 Å². The second-order valence-corrected chi connectivity index (χ2v) is 7.60. The third kappa shape index (κ3) is 3.85. The van der Waals surface area contributed by atoms with Crippen molar-refractivity contribution in [1.82, 2.24) is 0 Å². The van der Waals surface area contributed by atoms with Crippen molar-refractivity contribution in [2.24, 2.45) is 0 Å². The maximum absolute atomic E-state index is 13.3. The number of para-hydroxylation sites is 1. The van der Waals surface area contributed by atoms with Gasteiger partial charge in [-0.3, -0.25) is 9.69 Å². The SMILES string of the molecule is O=C1C(Nc2cccc(C(F)(F)F)c2)=C(Br)C(c2ccccc2)N1c1ccccc1. The Morgan fingerprint density at radius 1 is 0.867 bits per heavy atom. The van der Waals surface area contributed by atoms with Crippen molar-refractivity contribution < 1.29 is 18.0 Å². The lowest BCUT2D eigenvalue weighted by Gasteiger charge is -2.26. The molecule has 0 fully saturated rings. The van der Waals surface area contributed by atoms with Crippen LogP contribution in [0.4, 0.5) is 24.5 Å². The third-order valence-corrected chi connectivity index (χ3v) is 5.61. The number of anilines is 2. The van der Waals surface area contributed by atoms with Crippen LogP contribution in [0.25, 0.3) is 0 Å². The van der Waals surface area contributed by atoms with Gasteiger partial charge in [-0.1, -0.05) is 70.5 Å². The number of hydrogen-bond donors (Lipinski definition) is 1. The number of carbonyl (C=O) groups excluding carboxylic acids is 1. The topological polar surface area (TPSA) is 32.3 Å². The molecule has 1 heterocycles. The summed E-state index contributed by atoms with van der Waals surface area (Å²) < 4.78 is 39.8. The summed E-state index contributed by atoms with van der Waals surface area (Å²) in [5.74, 6) is -0.334. The van der Waals surface area contributed by atoms with Crippen molar-refractivity contribution in [3.63, 3.8) is 0 Å². The molecule has 0 bridgehead atoms. The molecule has 0 saturated heterocycles. The summed E-state index contributed by atoms with van der Waals surface area (Å²) in [7, 11) is 0. The van der Waals surface area contributed by atoms with E-state index < -0.39 is 17.8 Å². The zero-order chi connectivity index (χ0) is 21.3. The number of benzene rings is 3. The highest BCUT2D eigenvalue weighted by Crippen LogP contribution is 2.44. The number of nitrogens with one attached hydrogen (secondary N) is 1. The van der Waals surface area contributed by atoms with Gasteiger partial charge in [0.2, 0.25) is 0 Å². The van der Waals surface area contributed by atoms with E-state index in [0.29, 0.717) is 10.2 Å². The van der Waals surface area contributed by atoms with Gasteiger partial charge in [-0.15, -0.1) is 0 Å². The van der Waals surface area contributed by atoms with Crippen LogP contribution in [0.5, 0.6) is 0 Å². The highest BCUT2D eigenvalue weighted by Gasteiger charge is 2.40. The molecule has 0 radical (unpaired) electrons. The molecule has 0 aliphatic carbocycles. The highest BCUT2D eigenvalue weighted by molar-refractivity contribution is 9.11. The third-order valence-electron chi connectivity index (χ3n) is 4.78. The Hall–Kier alpha value is -3.06. The van der Waals surface area contributed by atoms with Gasteiger partial charge in [0, 0.05) is 11.4 Å². The first kappa shape index (κ1) is 20.2. The maximum Gasteiger partial charge on any atom is 0.416 e. The van der Waals surface area contributed by atoms with Gasteiger partial charge in [0.1, 0.15) is 5.70 Å². The lowest BCUT2D eigenvalue weighted by atomic mass is 10.1. The van der Waals surface area contributed by atoms with Gasteiger partial charge in [-0.05, 0) is 35.9 Å². The quantitative estimate of drug-likeness (QED) is 0.469. The number of alkyl halides is 3. The Kier molecular flexibility index (Phi) is 5.39. The van der Waals surface area contributed by atoms with E-state index in [9.17, 15) is 18.0 Å². The predicted octanol–water partition coefficient (Wildman–Crippen LogP) is 6.51. The van der Waals surface area contributed by atoms with Gasteiger partial charge in [-0.2, -0.15) is 13.2 Å². The molecule has 1 aliphatic heterocycles. The Morgan fingerprint density at radius 3 is 2.13 bits per heavy atom. The number of carbonyl (C=O) groups is 1. The van der Waals surface area contributed by atoms with Crippen LogP contribution >= 0.6 is 15.9 Å². The summed E-state index contributed by atoms with van der Waals surface area (Å²) in [6, 6.07) is 23.0. The second kappa shape index (κ2) is 7.99. The van der Waals surface area contributed by atoms with Gasteiger partial charge in [0.15, 0.2) is 0 Å². The first-order chi connectivity index (χ1) is 14.4. The van der Waals surface area contributed by atoms with E-state index >= 15 is 0 Å². The zero-order valence-electron chi connectivity index (χ0n) is 15.5. The molecule has 3 aromatic rings. The molecule has 1 aliphatic rings. The minimum absolute atomic E-state index is 0.187. The lowest BCUT2D eigenvalue weighted by molar-refractivity contribution is -0.137. The molecular weight excluding hydrogens is 457 g/mol. The van der Waals surface area contributed by atoms with Crippen LogP contribution in [0.3, 0.4) is 0 Å². The van der Waals surface area contributed by atoms with E-state index in [1.165, 1.54) is 12.1 Å². The van der Waals surface area contributed by atoms with Crippen molar-refractivity contribution in [1.29, 1.82) is 0 Å². The van der Waals surface area contributed by atoms with Crippen LogP contribution in [-0.4, -0.2) is 5.91 Å². The van der Waals surface area contributed by atoms with Gasteiger partial charge in [0.05, 0.1) is 16.1 Å². The first-order valence-corrected chi connectivity index (χ1v) is 9.93. The van der Waals surface area contributed by atoms with Crippen LogP contribution in [0.1, 0.15) is 17.2 Å². The molecule has 0 spiro atoms. The zero-order valence-corrected chi connectivity index (χ0v) is 17.1. The van der Waals surface area contributed by atoms with Gasteiger partial charge in [-0.25, -0.2) is 0 Å². The fraction of sp³-hybridized carbons (Fsp3) is 0.0870. The monoisotopic (exact) mass is 472 g/mol. The minimum Gasteiger partial charge on any atom is -0.350 e. The fourth-order valence-corrected chi connectivity index (χ4v) is 4.14. The molecule has 30 heavy (non-hydrogen) atoms. The van der Waals surface area contributed by atoms with E-state index in [2.05, 4.69) is 21.2 Å². The van der Waals surface area contributed by atoms with E-state index in [0.717, 1.165) is 17.7 Å². The molecule has 1 atom stereocenters. The van der Waals surface area contributed by atoms with Crippen LogP contribution in [0.15, 0.2) is 95.1 Å². The fourth-order valence-electron chi connectivity index (χ4n) is 3.41. The molecule has 3 nitrogen and oxygen atoms in total. The Morgan fingerprint density at radius 2 is 1.50 bits per heavy atom. The van der Waals surface area contributed by atoms with Crippen LogP contribution in [0, 0.1) is 0 Å². The molecule has 3 aromatic carbocycles. The highest BCUT2D eigenvalue weighted by atomic mass is 79.9. The summed E-state index contributed by atoms with van der Waals surface area (Å²) in [5.41, 5.74) is 1.17. The van der Waals surface area contributed by atoms with Gasteiger partial charge in [0.25, 0.3) is 5.91 Å². The van der Waals surface area contributed by atoms with Gasteiger partial charge < -0.3 is 5.32 Å². The molecule has 152 valence electrons. The summed E-state index contributed by atoms with van der Waals surface area (Å²) in [5, 5.41) is 2.89. The average molecular weight is 473 g/mol. The number of rotatable bonds is 4. The number of hydrogen-bond acceptors (Lipinski definition) is 2. The average Bonchev–Trinajstić information content (AvgIpc) is 2.99.